The second-order valence-corrected chi connectivity index (χ2v) is 4.50. The molecule has 15 heavy (non-hydrogen) atoms. The van der Waals surface area contributed by atoms with Gasteiger partial charge in [-0.1, -0.05) is 11.3 Å². The molecule has 1 aliphatic rings. The normalized spacial score (nSPS) is 20.7. The highest BCUT2D eigenvalue weighted by molar-refractivity contribution is 7.13. The van der Waals surface area contributed by atoms with Gasteiger partial charge in [0.1, 0.15) is 5.51 Å². The van der Waals surface area contributed by atoms with Gasteiger partial charge < -0.3 is 15.3 Å². The van der Waals surface area contributed by atoms with Gasteiger partial charge in [0.05, 0.1) is 6.61 Å². The predicted molar refractivity (Wildman–Crippen MR) is 60.2 cm³/mol. The van der Waals surface area contributed by atoms with Crippen LogP contribution in [0.1, 0.15) is 12.8 Å². The fraction of sp³-hybridized carbons (Fsp3) is 0.778. The van der Waals surface area contributed by atoms with Crippen molar-refractivity contribution in [3.8, 4) is 0 Å². The lowest BCUT2D eigenvalue weighted by Crippen LogP contribution is -2.39. The van der Waals surface area contributed by atoms with Gasteiger partial charge in [0, 0.05) is 19.1 Å². The van der Waals surface area contributed by atoms with Crippen LogP contribution in [0, 0.1) is 0 Å². The fourth-order valence-electron chi connectivity index (χ4n) is 1.87. The lowest BCUT2D eigenvalue weighted by molar-refractivity contribution is 0.300. The van der Waals surface area contributed by atoms with Gasteiger partial charge in [-0.2, -0.15) is 0 Å². The largest absolute Gasteiger partial charge is 0.395 e. The van der Waals surface area contributed by atoms with Crippen LogP contribution < -0.4 is 10.2 Å². The summed E-state index contributed by atoms with van der Waals surface area (Å²) in [4.78, 5) is 2.10. The SMILES string of the molecule is OCCN(CC1CCCN1)c1nncs1. The summed E-state index contributed by atoms with van der Waals surface area (Å²) in [5.74, 6) is 0. The third-order valence-corrected chi connectivity index (χ3v) is 3.34. The third kappa shape index (κ3) is 2.87. The van der Waals surface area contributed by atoms with Gasteiger partial charge >= 0.3 is 0 Å². The van der Waals surface area contributed by atoms with E-state index in [0.717, 1.165) is 18.2 Å². The summed E-state index contributed by atoms with van der Waals surface area (Å²) in [6.07, 6.45) is 2.45. The maximum atomic E-state index is 9.00. The van der Waals surface area contributed by atoms with Crippen LogP contribution >= 0.6 is 11.3 Å². The van der Waals surface area contributed by atoms with Crippen molar-refractivity contribution in [2.75, 3.05) is 31.1 Å². The van der Waals surface area contributed by atoms with Gasteiger partial charge in [-0.05, 0) is 19.4 Å². The molecule has 1 unspecified atom stereocenters. The molecule has 1 saturated heterocycles. The Kier molecular flexibility index (Phi) is 3.87. The second-order valence-electron chi connectivity index (χ2n) is 3.68. The molecular weight excluding hydrogens is 212 g/mol. The number of aromatic nitrogens is 2. The molecule has 84 valence electrons. The minimum absolute atomic E-state index is 0.159. The first-order valence-electron chi connectivity index (χ1n) is 5.25. The van der Waals surface area contributed by atoms with Gasteiger partial charge in [0.25, 0.3) is 0 Å². The van der Waals surface area contributed by atoms with Crippen molar-refractivity contribution in [3.63, 3.8) is 0 Å². The minimum atomic E-state index is 0.159. The summed E-state index contributed by atoms with van der Waals surface area (Å²) in [6, 6.07) is 0.528. The van der Waals surface area contributed by atoms with Crippen molar-refractivity contribution in [3.05, 3.63) is 5.51 Å². The summed E-state index contributed by atoms with van der Waals surface area (Å²) in [5.41, 5.74) is 1.72. The molecule has 2 rings (SSSR count). The molecule has 0 radical (unpaired) electrons. The first-order chi connectivity index (χ1) is 7.40. The van der Waals surface area contributed by atoms with Crippen LogP contribution in [-0.2, 0) is 0 Å². The smallest absolute Gasteiger partial charge is 0.208 e. The van der Waals surface area contributed by atoms with E-state index in [4.69, 9.17) is 5.11 Å². The van der Waals surface area contributed by atoms with Gasteiger partial charge in [0.15, 0.2) is 0 Å². The summed E-state index contributed by atoms with van der Waals surface area (Å²) in [5, 5.41) is 21.2. The van der Waals surface area contributed by atoms with E-state index in [2.05, 4.69) is 20.4 Å². The average Bonchev–Trinajstić information content (AvgIpc) is 2.89. The Morgan fingerprint density at radius 3 is 3.20 bits per heavy atom. The van der Waals surface area contributed by atoms with Crippen molar-refractivity contribution in [1.29, 1.82) is 0 Å². The van der Waals surface area contributed by atoms with Crippen molar-refractivity contribution in [2.24, 2.45) is 0 Å². The molecule has 0 aromatic carbocycles. The van der Waals surface area contributed by atoms with E-state index >= 15 is 0 Å². The fourth-order valence-corrected chi connectivity index (χ4v) is 2.47. The Labute approximate surface area is 93.1 Å². The highest BCUT2D eigenvalue weighted by Gasteiger charge is 2.19. The molecule has 5 nitrogen and oxygen atoms in total. The number of hydrogen-bond donors (Lipinski definition) is 2. The minimum Gasteiger partial charge on any atom is -0.395 e. The second kappa shape index (κ2) is 5.39. The van der Waals surface area contributed by atoms with Gasteiger partial charge in [-0.25, -0.2) is 0 Å². The highest BCUT2D eigenvalue weighted by atomic mass is 32.1. The number of hydrogen-bond acceptors (Lipinski definition) is 6. The maximum absolute atomic E-state index is 9.00. The third-order valence-electron chi connectivity index (χ3n) is 2.59. The Morgan fingerprint density at radius 2 is 2.60 bits per heavy atom. The van der Waals surface area contributed by atoms with E-state index in [9.17, 15) is 0 Å². The molecule has 1 aromatic rings. The van der Waals surface area contributed by atoms with Gasteiger partial charge in [-0.15, -0.1) is 10.2 Å². The average molecular weight is 228 g/mol. The van der Waals surface area contributed by atoms with Crippen molar-refractivity contribution >= 4 is 16.5 Å². The molecule has 2 heterocycles. The molecule has 0 amide bonds. The van der Waals surface area contributed by atoms with Crippen LogP contribution in [0.2, 0.25) is 0 Å². The van der Waals surface area contributed by atoms with Crippen LogP contribution in [-0.4, -0.2) is 47.6 Å². The van der Waals surface area contributed by atoms with Gasteiger partial charge in [-0.3, -0.25) is 0 Å². The highest BCUT2D eigenvalue weighted by Crippen LogP contribution is 2.17. The van der Waals surface area contributed by atoms with Gasteiger partial charge in [0.2, 0.25) is 5.13 Å². The maximum Gasteiger partial charge on any atom is 0.208 e. The van der Waals surface area contributed by atoms with Crippen molar-refractivity contribution in [1.82, 2.24) is 15.5 Å². The molecule has 0 bridgehead atoms. The first-order valence-corrected chi connectivity index (χ1v) is 6.13. The first kappa shape index (κ1) is 10.8. The monoisotopic (exact) mass is 228 g/mol. The number of nitrogens with one attached hydrogen (secondary N) is 1. The van der Waals surface area contributed by atoms with E-state index in [1.165, 1.54) is 24.2 Å². The molecule has 2 N–H and O–H groups in total. The van der Waals surface area contributed by atoms with Crippen LogP contribution in [0.5, 0.6) is 0 Å². The van der Waals surface area contributed by atoms with Crippen molar-refractivity contribution < 1.29 is 5.11 Å². The predicted octanol–water partition coefficient (Wildman–Crippen LogP) is 0.0888. The molecule has 6 heteroatoms. The summed E-state index contributed by atoms with van der Waals surface area (Å²) < 4.78 is 0. The number of anilines is 1. The Bertz CT molecular complexity index is 274. The number of rotatable bonds is 5. The van der Waals surface area contributed by atoms with Crippen LogP contribution in [0.25, 0.3) is 0 Å². The number of aliphatic hydroxyl groups excluding tert-OH is 1. The zero-order chi connectivity index (χ0) is 10.5. The summed E-state index contributed by atoms with van der Waals surface area (Å²) in [7, 11) is 0. The van der Waals surface area contributed by atoms with E-state index in [1.807, 2.05) is 0 Å². The van der Waals surface area contributed by atoms with Crippen LogP contribution in [0.3, 0.4) is 0 Å². The van der Waals surface area contributed by atoms with E-state index in [1.54, 1.807) is 5.51 Å². The lowest BCUT2D eigenvalue weighted by Gasteiger charge is -2.23. The van der Waals surface area contributed by atoms with Crippen LogP contribution in [0.4, 0.5) is 5.13 Å². The molecular formula is C9H16N4OS. The molecule has 1 aromatic heterocycles. The molecule has 0 aliphatic carbocycles. The van der Waals surface area contributed by atoms with Crippen LogP contribution in [0.15, 0.2) is 5.51 Å². The number of aliphatic hydroxyl groups is 1. The summed E-state index contributed by atoms with van der Waals surface area (Å²) >= 11 is 1.52. The quantitative estimate of drug-likeness (QED) is 0.748. The summed E-state index contributed by atoms with van der Waals surface area (Å²) in [6.45, 7) is 2.81. The lowest BCUT2D eigenvalue weighted by atomic mass is 10.2. The number of nitrogens with zero attached hydrogens (tertiary/aromatic N) is 3. The topological polar surface area (TPSA) is 61.3 Å². The van der Waals surface area contributed by atoms with E-state index in [0.29, 0.717) is 12.6 Å². The Morgan fingerprint density at radius 1 is 1.67 bits per heavy atom. The Hall–Kier alpha value is -0.720. The van der Waals surface area contributed by atoms with E-state index in [-0.39, 0.29) is 6.61 Å². The molecule has 1 aliphatic heterocycles. The molecule has 1 atom stereocenters. The molecule has 0 saturated carbocycles. The standard InChI is InChI=1S/C9H16N4OS/c14-5-4-13(9-12-11-7-15-9)6-8-2-1-3-10-8/h7-8,10,14H,1-6H2. The Balaban J connectivity index is 1.93. The zero-order valence-electron chi connectivity index (χ0n) is 8.59. The molecule has 1 fully saturated rings. The van der Waals surface area contributed by atoms with E-state index < -0.39 is 0 Å². The molecule has 0 spiro atoms. The van der Waals surface area contributed by atoms with Crippen molar-refractivity contribution in [2.45, 2.75) is 18.9 Å². The zero-order valence-corrected chi connectivity index (χ0v) is 9.41.